The van der Waals surface area contributed by atoms with Gasteiger partial charge in [0, 0.05) is 17.6 Å². The van der Waals surface area contributed by atoms with Crippen molar-refractivity contribution in [1.82, 2.24) is 0 Å². The van der Waals surface area contributed by atoms with Gasteiger partial charge in [-0.15, -0.1) is 0 Å². The molecule has 0 saturated heterocycles. The van der Waals surface area contributed by atoms with E-state index >= 15 is 0 Å². The van der Waals surface area contributed by atoms with E-state index in [0.717, 1.165) is 12.2 Å². The van der Waals surface area contributed by atoms with Crippen molar-refractivity contribution in [3.05, 3.63) is 25.3 Å². The molecule has 23 heavy (non-hydrogen) atoms. The SMILES string of the molecule is C=CC(=O)OC(OC(=O)C=C)C(C)(C)C.CC(C)(CO)C(=O)O. The fourth-order valence-corrected chi connectivity index (χ4v) is 0.752. The summed E-state index contributed by atoms with van der Waals surface area (Å²) in [5, 5.41) is 16.7. The number of aliphatic carboxylic acids is 1. The Balaban J connectivity index is 0. The molecular formula is C16H26O7. The molecule has 0 spiro atoms. The Morgan fingerprint density at radius 1 is 1.00 bits per heavy atom. The molecule has 0 unspecified atom stereocenters. The largest absolute Gasteiger partial charge is 0.481 e. The van der Waals surface area contributed by atoms with Crippen LogP contribution in [0.5, 0.6) is 0 Å². The van der Waals surface area contributed by atoms with Crippen LogP contribution in [0.4, 0.5) is 0 Å². The summed E-state index contributed by atoms with van der Waals surface area (Å²) in [6.45, 7) is 14.5. The molecule has 2 N–H and O–H groups in total. The van der Waals surface area contributed by atoms with Crippen LogP contribution in [0.1, 0.15) is 34.6 Å². The summed E-state index contributed by atoms with van der Waals surface area (Å²) < 4.78 is 9.78. The van der Waals surface area contributed by atoms with Crippen molar-refractivity contribution >= 4 is 17.9 Å². The highest BCUT2D eigenvalue weighted by Crippen LogP contribution is 2.23. The van der Waals surface area contributed by atoms with E-state index in [1.807, 2.05) is 0 Å². The fraction of sp³-hybridized carbons (Fsp3) is 0.562. The van der Waals surface area contributed by atoms with Crippen molar-refractivity contribution in [3.63, 3.8) is 0 Å². The van der Waals surface area contributed by atoms with Crippen LogP contribution < -0.4 is 0 Å². The molecule has 0 aliphatic carbocycles. The maximum Gasteiger partial charge on any atom is 0.333 e. The van der Waals surface area contributed by atoms with Crippen LogP contribution in [-0.4, -0.2) is 41.0 Å². The molecule has 7 heteroatoms. The third-order valence-corrected chi connectivity index (χ3v) is 2.46. The number of rotatable bonds is 6. The second-order valence-corrected chi connectivity index (χ2v) is 6.33. The van der Waals surface area contributed by atoms with E-state index in [-0.39, 0.29) is 6.61 Å². The molecule has 0 radical (unpaired) electrons. The Morgan fingerprint density at radius 3 is 1.48 bits per heavy atom. The van der Waals surface area contributed by atoms with Gasteiger partial charge in [-0.2, -0.15) is 0 Å². The van der Waals surface area contributed by atoms with Crippen molar-refractivity contribution in [2.75, 3.05) is 6.61 Å². The number of carbonyl (C=O) groups is 3. The maximum atomic E-state index is 11.0. The van der Waals surface area contributed by atoms with Gasteiger partial charge in [0.05, 0.1) is 12.0 Å². The van der Waals surface area contributed by atoms with Crippen molar-refractivity contribution in [2.24, 2.45) is 10.8 Å². The van der Waals surface area contributed by atoms with Crippen molar-refractivity contribution in [2.45, 2.75) is 40.9 Å². The van der Waals surface area contributed by atoms with E-state index in [1.165, 1.54) is 13.8 Å². The highest BCUT2D eigenvalue weighted by atomic mass is 16.7. The molecule has 0 heterocycles. The smallest absolute Gasteiger partial charge is 0.333 e. The Hall–Kier alpha value is -2.15. The van der Waals surface area contributed by atoms with Crippen LogP contribution in [-0.2, 0) is 23.9 Å². The Bertz CT molecular complexity index is 422. The van der Waals surface area contributed by atoms with Gasteiger partial charge in [0.1, 0.15) is 0 Å². The number of carboxylic acids is 1. The molecule has 0 atom stereocenters. The van der Waals surface area contributed by atoms with Crippen LogP contribution in [0.15, 0.2) is 25.3 Å². The standard InChI is InChI=1S/C11H16O4.C5H10O3/c1-6-8(12)14-10(11(3,4)5)15-9(13)7-2;1-5(2,3-6)4(7)8/h6-7,10H,1-2H2,3-5H3;6H,3H2,1-2H3,(H,7,8). The zero-order valence-electron chi connectivity index (χ0n) is 14.3. The predicted molar refractivity (Wildman–Crippen MR) is 84.3 cm³/mol. The molecule has 0 bridgehead atoms. The first-order valence-corrected chi connectivity index (χ1v) is 6.82. The quantitative estimate of drug-likeness (QED) is 0.435. The second kappa shape index (κ2) is 9.78. The van der Waals surface area contributed by atoms with Gasteiger partial charge in [-0.25, -0.2) is 9.59 Å². The first-order valence-electron chi connectivity index (χ1n) is 6.82. The van der Waals surface area contributed by atoms with Gasteiger partial charge in [-0.1, -0.05) is 33.9 Å². The summed E-state index contributed by atoms with van der Waals surface area (Å²) >= 11 is 0. The van der Waals surface area contributed by atoms with E-state index in [1.54, 1.807) is 20.8 Å². The van der Waals surface area contributed by atoms with E-state index in [0.29, 0.717) is 0 Å². The number of aliphatic hydroxyl groups is 1. The summed E-state index contributed by atoms with van der Waals surface area (Å²) in [4.78, 5) is 32.1. The minimum atomic E-state index is -0.986. The Kier molecular flexibility index (Phi) is 9.83. The minimum absolute atomic E-state index is 0.317. The number of hydrogen-bond donors (Lipinski definition) is 2. The molecular weight excluding hydrogens is 304 g/mol. The lowest BCUT2D eigenvalue weighted by atomic mass is 9.96. The summed E-state index contributed by atoms with van der Waals surface area (Å²) in [5.74, 6) is -2.24. The van der Waals surface area contributed by atoms with Gasteiger partial charge in [0.2, 0.25) is 0 Å². The summed E-state index contributed by atoms with van der Waals surface area (Å²) in [6, 6.07) is 0. The Morgan fingerprint density at radius 2 is 1.35 bits per heavy atom. The van der Waals surface area contributed by atoms with Gasteiger partial charge < -0.3 is 19.7 Å². The van der Waals surface area contributed by atoms with E-state index in [2.05, 4.69) is 13.2 Å². The number of ether oxygens (including phenoxy) is 2. The van der Waals surface area contributed by atoms with E-state index in [4.69, 9.17) is 19.7 Å². The highest BCUT2D eigenvalue weighted by molar-refractivity contribution is 5.83. The molecule has 0 aromatic carbocycles. The average Bonchev–Trinajstić information content (AvgIpc) is 2.45. The zero-order valence-corrected chi connectivity index (χ0v) is 14.3. The summed E-state index contributed by atoms with van der Waals surface area (Å²) in [5.41, 5.74) is -1.49. The third-order valence-electron chi connectivity index (χ3n) is 2.46. The van der Waals surface area contributed by atoms with Gasteiger partial charge in [0.25, 0.3) is 6.29 Å². The molecule has 0 aromatic heterocycles. The lowest BCUT2D eigenvalue weighted by Gasteiger charge is -2.28. The van der Waals surface area contributed by atoms with Crippen molar-refractivity contribution in [3.8, 4) is 0 Å². The minimum Gasteiger partial charge on any atom is -0.481 e. The molecule has 0 saturated carbocycles. The van der Waals surface area contributed by atoms with Crippen LogP contribution in [0.25, 0.3) is 0 Å². The molecule has 0 amide bonds. The number of carboxylic acid groups (broad SMARTS) is 1. The number of hydrogen-bond acceptors (Lipinski definition) is 6. The molecule has 132 valence electrons. The number of carbonyl (C=O) groups excluding carboxylic acids is 2. The summed E-state index contributed by atoms with van der Waals surface area (Å²) in [7, 11) is 0. The van der Waals surface area contributed by atoms with E-state index < -0.39 is 35.0 Å². The van der Waals surface area contributed by atoms with Crippen molar-refractivity contribution in [1.29, 1.82) is 0 Å². The molecule has 0 rings (SSSR count). The highest BCUT2D eigenvalue weighted by Gasteiger charge is 2.31. The fourth-order valence-electron chi connectivity index (χ4n) is 0.752. The van der Waals surface area contributed by atoms with Crippen LogP contribution >= 0.6 is 0 Å². The topological polar surface area (TPSA) is 110 Å². The predicted octanol–water partition coefficient (Wildman–Crippen LogP) is 1.91. The van der Waals surface area contributed by atoms with Crippen LogP contribution in [0, 0.1) is 10.8 Å². The van der Waals surface area contributed by atoms with Crippen molar-refractivity contribution < 1.29 is 34.1 Å². The second-order valence-electron chi connectivity index (χ2n) is 6.33. The lowest BCUT2D eigenvalue weighted by Crippen LogP contribution is -2.35. The number of aliphatic hydroxyl groups excluding tert-OH is 1. The molecule has 0 fully saturated rings. The average molecular weight is 330 g/mol. The monoisotopic (exact) mass is 330 g/mol. The Labute approximate surface area is 136 Å². The van der Waals surface area contributed by atoms with Crippen LogP contribution in [0.2, 0.25) is 0 Å². The first kappa shape index (κ1) is 23.1. The molecule has 0 aliphatic rings. The van der Waals surface area contributed by atoms with Gasteiger partial charge in [0.15, 0.2) is 0 Å². The zero-order chi connectivity index (χ0) is 18.8. The lowest BCUT2D eigenvalue weighted by molar-refractivity contribution is -0.200. The normalized spacial score (nSPS) is 10.9. The molecule has 0 aromatic rings. The maximum absolute atomic E-state index is 11.0. The van der Waals surface area contributed by atoms with E-state index in [9.17, 15) is 14.4 Å². The van der Waals surface area contributed by atoms with Gasteiger partial charge >= 0.3 is 17.9 Å². The molecule has 0 aliphatic heterocycles. The first-order chi connectivity index (χ1) is 10.3. The number of esters is 2. The molecule has 7 nitrogen and oxygen atoms in total. The summed E-state index contributed by atoms with van der Waals surface area (Å²) in [6.07, 6.45) is 1.08. The van der Waals surface area contributed by atoms with Gasteiger partial charge in [-0.3, -0.25) is 4.79 Å². The third kappa shape index (κ3) is 10.2. The van der Waals surface area contributed by atoms with Crippen LogP contribution in [0.3, 0.4) is 0 Å². The van der Waals surface area contributed by atoms with Gasteiger partial charge in [-0.05, 0) is 13.8 Å².